The molecule has 1 aliphatic rings. The molecule has 5 nitrogen and oxygen atoms in total. The summed E-state index contributed by atoms with van der Waals surface area (Å²) in [5.41, 5.74) is 1.38. The van der Waals surface area contributed by atoms with Crippen LogP contribution in [-0.4, -0.2) is 31.0 Å². The predicted molar refractivity (Wildman–Crippen MR) is 117 cm³/mol. The largest absolute Gasteiger partial charge is 0.365 e. The van der Waals surface area contributed by atoms with E-state index in [4.69, 9.17) is 11.6 Å². The van der Waals surface area contributed by atoms with Crippen LogP contribution >= 0.6 is 11.6 Å². The number of rotatable bonds is 6. The molecule has 1 aromatic heterocycles. The van der Waals surface area contributed by atoms with Crippen LogP contribution in [0, 0.1) is 5.41 Å². The zero-order valence-electron chi connectivity index (χ0n) is 16.9. The molecule has 7 heteroatoms. The molecule has 0 saturated heterocycles. The van der Waals surface area contributed by atoms with Gasteiger partial charge in [-0.15, -0.1) is 0 Å². The van der Waals surface area contributed by atoms with Crippen molar-refractivity contribution in [2.75, 3.05) is 6.26 Å². The van der Waals surface area contributed by atoms with E-state index in [0.29, 0.717) is 22.6 Å². The minimum absolute atomic E-state index is 0.148. The fourth-order valence-electron chi connectivity index (χ4n) is 3.95. The number of hydrogen-bond donors (Lipinski definition) is 2. The van der Waals surface area contributed by atoms with Gasteiger partial charge in [-0.2, -0.15) is 0 Å². The van der Waals surface area contributed by atoms with Gasteiger partial charge in [0.2, 0.25) is 10.0 Å². The molecule has 2 unspecified atom stereocenters. The zero-order chi connectivity index (χ0) is 21.4. The number of aromatic amines is 1. The van der Waals surface area contributed by atoms with Crippen LogP contribution in [0.25, 0.3) is 0 Å². The number of sulfonamides is 1. The van der Waals surface area contributed by atoms with E-state index in [-0.39, 0.29) is 5.78 Å². The maximum atomic E-state index is 13.5. The van der Waals surface area contributed by atoms with Crippen LogP contribution < -0.4 is 4.72 Å². The van der Waals surface area contributed by atoms with E-state index < -0.39 is 21.0 Å². The average Bonchev–Trinajstić information content (AvgIpc) is 3.09. The van der Waals surface area contributed by atoms with Crippen LogP contribution in [0.15, 0.2) is 65.9 Å². The van der Waals surface area contributed by atoms with Gasteiger partial charge in [0, 0.05) is 39.9 Å². The Kier molecular flexibility index (Phi) is 5.64. The number of ketones is 1. The minimum atomic E-state index is -3.49. The highest BCUT2D eigenvalue weighted by molar-refractivity contribution is 7.88. The van der Waals surface area contributed by atoms with Gasteiger partial charge in [-0.3, -0.25) is 4.79 Å². The van der Waals surface area contributed by atoms with Crippen molar-refractivity contribution in [1.82, 2.24) is 9.71 Å². The number of nitrogens with one attached hydrogen (secondary N) is 2. The third-order valence-electron chi connectivity index (χ3n) is 5.39. The molecule has 29 heavy (non-hydrogen) atoms. The Morgan fingerprint density at radius 2 is 1.79 bits per heavy atom. The molecule has 3 rings (SSSR count). The third kappa shape index (κ3) is 4.71. The number of halogens is 1. The highest BCUT2D eigenvalue weighted by Gasteiger charge is 2.42. The van der Waals surface area contributed by atoms with E-state index in [1.165, 1.54) is 0 Å². The number of aromatic nitrogens is 1. The van der Waals surface area contributed by atoms with Crippen LogP contribution in [0.4, 0.5) is 0 Å². The van der Waals surface area contributed by atoms with Gasteiger partial charge in [-0.1, -0.05) is 36.2 Å². The van der Waals surface area contributed by atoms with E-state index in [9.17, 15) is 13.2 Å². The number of allylic oxidation sites excluding steroid dienone is 2. The summed E-state index contributed by atoms with van der Waals surface area (Å²) in [7, 11) is -3.49. The van der Waals surface area contributed by atoms with Crippen LogP contribution in [0.2, 0.25) is 5.02 Å². The second-order valence-electron chi connectivity index (χ2n) is 8.08. The Labute approximate surface area is 176 Å². The summed E-state index contributed by atoms with van der Waals surface area (Å²) in [6, 6.07) is 10.6. The molecule has 0 spiro atoms. The molecule has 0 radical (unpaired) electrons. The maximum absolute atomic E-state index is 13.5. The summed E-state index contributed by atoms with van der Waals surface area (Å²) in [5.74, 6) is -0.148. The smallest absolute Gasteiger partial charge is 0.209 e. The lowest BCUT2D eigenvalue weighted by atomic mass is 9.65. The number of hydrogen-bond acceptors (Lipinski definition) is 3. The standard InChI is InChI=1S/C22H25ClN2O3S/c1-15-12-21(2,25-29(4,27)28)14-19(20(26)16-7-9-17(23)10-8-16)22(15,3)13-18-6-5-11-24-18/h5-12,14,24-25H,13H2,1-4H3. The van der Waals surface area contributed by atoms with E-state index in [1.807, 2.05) is 38.3 Å². The molecule has 0 fully saturated rings. The molecule has 0 bridgehead atoms. The first-order chi connectivity index (χ1) is 13.4. The number of carbonyl (C=O) groups is 1. The second-order valence-corrected chi connectivity index (χ2v) is 10.3. The van der Waals surface area contributed by atoms with Crippen LogP contribution in [0.1, 0.15) is 36.8 Å². The van der Waals surface area contributed by atoms with Crippen molar-refractivity contribution >= 4 is 27.4 Å². The Morgan fingerprint density at radius 1 is 1.14 bits per heavy atom. The lowest BCUT2D eigenvalue weighted by Gasteiger charge is -2.41. The normalized spacial score (nSPS) is 24.7. The molecule has 154 valence electrons. The zero-order valence-corrected chi connectivity index (χ0v) is 18.5. The molecule has 0 amide bonds. The highest BCUT2D eigenvalue weighted by Crippen LogP contribution is 2.45. The minimum Gasteiger partial charge on any atom is -0.365 e. The van der Waals surface area contributed by atoms with Crippen LogP contribution in [-0.2, 0) is 16.4 Å². The molecule has 0 aliphatic heterocycles. The molecule has 2 aromatic rings. The van der Waals surface area contributed by atoms with Crippen molar-refractivity contribution in [2.45, 2.75) is 32.7 Å². The highest BCUT2D eigenvalue weighted by atomic mass is 35.5. The van der Waals surface area contributed by atoms with Gasteiger partial charge in [0.05, 0.1) is 11.8 Å². The molecule has 1 aromatic carbocycles. The summed E-state index contributed by atoms with van der Waals surface area (Å²) < 4.78 is 26.5. The quantitative estimate of drug-likeness (QED) is 0.527. The second kappa shape index (κ2) is 7.59. The SMILES string of the molecule is CC1=CC(C)(NS(C)(=O)=O)C=C(C(=O)c2ccc(Cl)cc2)C1(C)Cc1ccc[nH]1. The van der Waals surface area contributed by atoms with Crippen molar-refractivity contribution < 1.29 is 13.2 Å². The summed E-state index contributed by atoms with van der Waals surface area (Å²) >= 11 is 5.98. The first kappa shape index (κ1) is 21.6. The van der Waals surface area contributed by atoms with Gasteiger partial charge in [-0.05, 0) is 50.2 Å². The Morgan fingerprint density at radius 3 is 2.34 bits per heavy atom. The fraction of sp³-hybridized carbons (Fsp3) is 0.318. The maximum Gasteiger partial charge on any atom is 0.209 e. The molecule has 1 aliphatic carbocycles. The van der Waals surface area contributed by atoms with Gasteiger partial charge in [0.1, 0.15) is 0 Å². The molecule has 2 atom stereocenters. The Balaban J connectivity index is 2.13. The van der Waals surface area contributed by atoms with Crippen molar-refractivity contribution in [2.24, 2.45) is 5.41 Å². The van der Waals surface area contributed by atoms with Crippen LogP contribution in [0.3, 0.4) is 0 Å². The van der Waals surface area contributed by atoms with E-state index in [0.717, 1.165) is 17.5 Å². The first-order valence-electron chi connectivity index (χ1n) is 9.27. The van der Waals surface area contributed by atoms with E-state index in [1.54, 1.807) is 37.3 Å². The number of benzene rings is 1. The lowest BCUT2D eigenvalue weighted by Crippen LogP contribution is -2.47. The van der Waals surface area contributed by atoms with Crippen molar-refractivity contribution in [1.29, 1.82) is 0 Å². The van der Waals surface area contributed by atoms with Gasteiger partial charge in [-0.25, -0.2) is 13.1 Å². The predicted octanol–water partition coefficient (Wildman–Crippen LogP) is 4.29. The number of H-pyrrole nitrogens is 1. The molecule has 2 N–H and O–H groups in total. The summed E-state index contributed by atoms with van der Waals surface area (Å²) in [6.45, 7) is 5.70. The van der Waals surface area contributed by atoms with Crippen LogP contribution in [0.5, 0.6) is 0 Å². The third-order valence-corrected chi connectivity index (χ3v) is 6.45. The first-order valence-corrected chi connectivity index (χ1v) is 11.5. The molecule has 0 saturated carbocycles. The van der Waals surface area contributed by atoms with E-state index >= 15 is 0 Å². The average molecular weight is 433 g/mol. The van der Waals surface area contributed by atoms with Crippen molar-refractivity contribution in [3.05, 3.63) is 82.2 Å². The molecule has 1 heterocycles. The van der Waals surface area contributed by atoms with Crippen molar-refractivity contribution in [3.8, 4) is 0 Å². The number of Topliss-reactive ketones (excluding diaryl/α,β-unsaturated/α-hetero) is 1. The summed E-state index contributed by atoms with van der Waals surface area (Å²) in [5, 5.41) is 0.549. The number of carbonyl (C=O) groups excluding carboxylic acids is 1. The monoisotopic (exact) mass is 432 g/mol. The van der Waals surface area contributed by atoms with Gasteiger partial charge >= 0.3 is 0 Å². The molecular weight excluding hydrogens is 408 g/mol. The van der Waals surface area contributed by atoms with Gasteiger partial charge in [0.15, 0.2) is 5.78 Å². The van der Waals surface area contributed by atoms with Crippen molar-refractivity contribution in [3.63, 3.8) is 0 Å². The van der Waals surface area contributed by atoms with Gasteiger partial charge in [0.25, 0.3) is 0 Å². The van der Waals surface area contributed by atoms with Gasteiger partial charge < -0.3 is 4.98 Å². The Hall–Kier alpha value is -2.15. The Bertz CT molecular complexity index is 1090. The molecular formula is C22H25ClN2O3S. The topological polar surface area (TPSA) is 79.0 Å². The van der Waals surface area contributed by atoms with E-state index in [2.05, 4.69) is 9.71 Å². The summed E-state index contributed by atoms with van der Waals surface area (Å²) in [6.07, 6.45) is 7.17. The fourth-order valence-corrected chi connectivity index (χ4v) is 4.99. The summed E-state index contributed by atoms with van der Waals surface area (Å²) in [4.78, 5) is 16.7. The lowest BCUT2D eigenvalue weighted by molar-refractivity contribution is 0.101.